The highest BCUT2D eigenvalue weighted by molar-refractivity contribution is 7.10. The molecule has 29 heavy (non-hydrogen) atoms. The van der Waals surface area contributed by atoms with E-state index >= 15 is 0 Å². The lowest BCUT2D eigenvalue weighted by molar-refractivity contribution is 0.193. The van der Waals surface area contributed by atoms with Crippen molar-refractivity contribution < 1.29 is 4.74 Å². The van der Waals surface area contributed by atoms with E-state index in [0.717, 1.165) is 43.4 Å². The molecule has 1 saturated heterocycles. The predicted molar refractivity (Wildman–Crippen MR) is 116 cm³/mol. The minimum absolute atomic E-state index is 0.0593. The monoisotopic (exact) mass is 412 g/mol. The van der Waals surface area contributed by atoms with E-state index in [2.05, 4.69) is 75.7 Å². The van der Waals surface area contributed by atoms with E-state index in [-0.39, 0.29) is 11.6 Å². The summed E-state index contributed by atoms with van der Waals surface area (Å²) in [6.07, 6.45) is 0. The standard InChI is InChI=1S/C21H28N6OS/c1-21(2,3)27-20(22-23-24-27)19(18-10-7-15-29-18)26-13-11-25(12-14-26)16-8-5-6-9-17(16)28-4/h5-10,15,19H,11-14H2,1-4H3/t19-/m0/s1. The molecule has 4 rings (SSSR count). The molecular weight excluding hydrogens is 384 g/mol. The topological polar surface area (TPSA) is 59.3 Å². The minimum Gasteiger partial charge on any atom is -0.495 e. The Bertz CT molecular complexity index is 925. The molecule has 154 valence electrons. The first-order chi connectivity index (χ1) is 14.0. The van der Waals surface area contributed by atoms with Gasteiger partial charge in [-0.1, -0.05) is 18.2 Å². The molecular formula is C21H28N6OS. The molecule has 1 aromatic carbocycles. The molecule has 1 atom stereocenters. The van der Waals surface area contributed by atoms with Crippen molar-refractivity contribution in [2.45, 2.75) is 32.4 Å². The van der Waals surface area contributed by atoms with Crippen molar-refractivity contribution in [2.24, 2.45) is 0 Å². The third-order valence-corrected chi connectivity index (χ3v) is 6.22. The lowest BCUT2D eigenvalue weighted by Crippen LogP contribution is -2.48. The summed E-state index contributed by atoms with van der Waals surface area (Å²) in [6, 6.07) is 12.6. The molecule has 0 bridgehead atoms. The molecule has 0 aliphatic carbocycles. The number of thiophene rings is 1. The molecule has 2 aromatic heterocycles. The third-order valence-electron chi connectivity index (χ3n) is 5.29. The number of tetrazole rings is 1. The summed E-state index contributed by atoms with van der Waals surface area (Å²) >= 11 is 1.76. The Morgan fingerprint density at radius 3 is 2.45 bits per heavy atom. The number of rotatable bonds is 5. The lowest BCUT2D eigenvalue weighted by atomic mass is 10.1. The van der Waals surface area contributed by atoms with E-state index in [1.165, 1.54) is 4.88 Å². The summed E-state index contributed by atoms with van der Waals surface area (Å²) < 4.78 is 7.52. The minimum atomic E-state index is -0.173. The number of anilines is 1. The zero-order valence-corrected chi connectivity index (χ0v) is 18.3. The quantitative estimate of drug-likeness (QED) is 0.640. The maximum atomic E-state index is 5.56. The van der Waals surface area contributed by atoms with Gasteiger partial charge in [-0.3, -0.25) is 4.90 Å². The van der Waals surface area contributed by atoms with Crippen LogP contribution in [-0.4, -0.2) is 58.4 Å². The molecule has 8 heteroatoms. The van der Waals surface area contributed by atoms with Crippen LogP contribution in [0.5, 0.6) is 5.75 Å². The second-order valence-corrected chi connectivity index (χ2v) is 9.21. The van der Waals surface area contributed by atoms with Gasteiger partial charge in [0.1, 0.15) is 11.8 Å². The number of hydrogen-bond donors (Lipinski definition) is 0. The van der Waals surface area contributed by atoms with Crippen LogP contribution in [0, 0.1) is 0 Å². The number of nitrogens with zero attached hydrogens (tertiary/aromatic N) is 6. The van der Waals surface area contributed by atoms with Crippen LogP contribution >= 0.6 is 11.3 Å². The summed E-state index contributed by atoms with van der Waals surface area (Å²) in [7, 11) is 1.73. The van der Waals surface area contributed by atoms with Gasteiger partial charge in [-0.25, -0.2) is 4.68 Å². The average molecular weight is 413 g/mol. The Balaban J connectivity index is 1.59. The van der Waals surface area contributed by atoms with Crippen LogP contribution in [0.15, 0.2) is 41.8 Å². The van der Waals surface area contributed by atoms with Crippen LogP contribution in [0.3, 0.4) is 0 Å². The van der Waals surface area contributed by atoms with Gasteiger partial charge in [-0.2, -0.15) is 0 Å². The van der Waals surface area contributed by atoms with Crippen LogP contribution in [0.2, 0.25) is 0 Å². The number of benzene rings is 1. The van der Waals surface area contributed by atoms with Crippen molar-refractivity contribution in [2.75, 3.05) is 38.2 Å². The van der Waals surface area contributed by atoms with Crippen molar-refractivity contribution in [1.29, 1.82) is 0 Å². The van der Waals surface area contributed by atoms with Gasteiger partial charge >= 0.3 is 0 Å². The van der Waals surface area contributed by atoms with Crippen molar-refractivity contribution >= 4 is 17.0 Å². The van der Waals surface area contributed by atoms with Crippen LogP contribution < -0.4 is 9.64 Å². The maximum absolute atomic E-state index is 5.56. The summed E-state index contributed by atoms with van der Waals surface area (Å²) in [6.45, 7) is 10.1. The number of aromatic nitrogens is 4. The Labute approximate surface area is 175 Å². The summed E-state index contributed by atoms with van der Waals surface area (Å²) in [5, 5.41) is 14.9. The highest BCUT2D eigenvalue weighted by Crippen LogP contribution is 2.34. The average Bonchev–Trinajstić information content (AvgIpc) is 3.41. The van der Waals surface area contributed by atoms with Crippen molar-refractivity contribution in [1.82, 2.24) is 25.1 Å². The predicted octanol–water partition coefficient (Wildman–Crippen LogP) is 3.41. The van der Waals surface area contributed by atoms with Crippen molar-refractivity contribution in [3.63, 3.8) is 0 Å². The number of ether oxygens (including phenoxy) is 1. The summed E-state index contributed by atoms with van der Waals surface area (Å²) in [5.74, 6) is 1.83. The van der Waals surface area contributed by atoms with Gasteiger partial charge in [0.2, 0.25) is 0 Å². The largest absolute Gasteiger partial charge is 0.495 e. The second-order valence-electron chi connectivity index (χ2n) is 8.23. The van der Waals surface area contributed by atoms with Crippen molar-refractivity contribution in [3.05, 3.63) is 52.5 Å². The zero-order chi connectivity index (χ0) is 20.4. The van der Waals surface area contributed by atoms with Gasteiger partial charge in [0.05, 0.1) is 18.3 Å². The van der Waals surface area contributed by atoms with E-state index in [9.17, 15) is 0 Å². The number of piperazine rings is 1. The van der Waals surface area contributed by atoms with Crippen LogP contribution in [0.1, 0.15) is 37.5 Å². The Kier molecular flexibility index (Phi) is 5.56. The van der Waals surface area contributed by atoms with E-state index in [4.69, 9.17) is 4.74 Å². The zero-order valence-electron chi connectivity index (χ0n) is 17.4. The van der Waals surface area contributed by atoms with Gasteiger partial charge in [0, 0.05) is 31.1 Å². The molecule has 3 heterocycles. The molecule has 0 saturated carbocycles. The van der Waals surface area contributed by atoms with E-state index in [0.29, 0.717) is 0 Å². The van der Waals surface area contributed by atoms with Gasteiger partial charge < -0.3 is 9.64 Å². The number of hydrogen-bond acceptors (Lipinski definition) is 7. The molecule has 0 amide bonds. The highest BCUT2D eigenvalue weighted by Gasteiger charge is 2.34. The first-order valence-electron chi connectivity index (χ1n) is 9.93. The van der Waals surface area contributed by atoms with Crippen LogP contribution in [0.4, 0.5) is 5.69 Å². The highest BCUT2D eigenvalue weighted by atomic mass is 32.1. The smallest absolute Gasteiger partial charge is 0.174 e. The number of methoxy groups -OCH3 is 1. The molecule has 1 fully saturated rings. The molecule has 0 N–H and O–H groups in total. The molecule has 0 radical (unpaired) electrons. The Morgan fingerprint density at radius 2 is 1.79 bits per heavy atom. The summed E-state index contributed by atoms with van der Waals surface area (Å²) in [4.78, 5) is 6.16. The van der Waals surface area contributed by atoms with E-state index < -0.39 is 0 Å². The van der Waals surface area contributed by atoms with Gasteiger partial charge in [0.25, 0.3) is 0 Å². The van der Waals surface area contributed by atoms with Crippen LogP contribution in [0.25, 0.3) is 0 Å². The van der Waals surface area contributed by atoms with Crippen molar-refractivity contribution in [3.8, 4) is 5.75 Å². The van der Waals surface area contributed by atoms with E-state index in [1.807, 2.05) is 16.8 Å². The fourth-order valence-electron chi connectivity index (χ4n) is 3.87. The number of para-hydroxylation sites is 2. The fraction of sp³-hybridized carbons (Fsp3) is 0.476. The first-order valence-corrected chi connectivity index (χ1v) is 10.8. The maximum Gasteiger partial charge on any atom is 0.174 e. The molecule has 1 aliphatic rings. The van der Waals surface area contributed by atoms with Gasteiger partial charge in [-0.05, 0) is 54.8 Å². The van der Waals surface area contributed by atoms with Gasteiger partial charge in [0.15, 0.2) is 5.82 Å². The Morgan fingerprint density at radius 1 is 1.03 bits per heavy atom. The molecule has 3 aromatic rings. The SMILES string of the molecule is COc1ccccc1N1CCN([C@@H](c2cccs2)c2nnnn2C(C)(C)C)CC1. The van der Waals surface area contributed by atoms with Gasteiger partial charge in [-0.15, -0.1) is 16.4 Å². The second kappa shape index (κ2) is 8.12. The van der Waals surface area contributed by atoms with E-state index in [1.54, 1.807) is 18.4 Å². The Hall–Kier alpha value is -2.45. The van der Waals surface area contributed by atoms with Crippen LogP contribution in [-0.2, 0) is 5.54 Å². The molecule has 7 nitrogen and oxygen atoms in total. The molecule has 0 unspecified atom stereocenters. The lowest BCUT2D eigenvalue weighted by Gasteiger charge is -2.40. The molecule has 0 spiro atoms. The summed E-state index contributed by atoms with van der Waals surface area (Å²) in [5.41, 5.74) is 0.981. The first kappa shape index (κ1) is 19.8. The third kappa shape index (κ3) is 4.00. The fourth-order valence-corrected chi connectivity index (χ4v) is 4.73. The normalized spacial score (nSPS) is 16.8. The molecule has 1 aliphatic heterocycles.